The number of hydrogen-bond acceptors (Lipinski definition) is 6. The van der Waals surface area contributed by atoms with Gasteiger partial charge in [-0.3, -0.25) is 4.79 Å². The van der Waals surface area contributed by atoms with Crippen LogP contribution in [0.1, 0.15) is 36.7 Å². The number of nitrogens with one attached hydrogen (secondary N) is 1. The molecule has 7 nitrogen and oxygen atoms in total. The Morgan fingerprint density at radius 2 is 1.89 bits per heavy atom. The second kappa shape index (κ2) is 7.79. The number of methoxy groups -OCH3 is 2. The van der Waals surface area contributed by atoms with E-state index in [0.717, 1.165) is 16.0 Å². The number of carbonyl (C=O) groups excluding carboxylic acids is 3. The summed E-state index contributed by atoms with van der Waals surface area (Å²) in [4.78, 5) is 39.2. The molecular weight excluding hydrogens is 368 g/mol. The number of ether oxygens (including phenoxy) is 2. The topological polar surface area (TPSA) is 84.9 Å². The summed E-state index contributed by atoms with van der Waals surface area (Å²) >= 11 is 1.28. The molecule has 0 bridgehead atoms. The van der Waals surface area contributed by atoms with Gasteiger partial charge in [-0.25, -0.2) is 9.59 Å². The van der Waals surface area contributed by atoms with Crippen LogP contribution < -0.4 is 5.32 Å². The molecule has 142 valence electrons. The molecule has 1 N–H and O–H groups in total. The lowest BCUT2D eigenvalue weighted by Gasteiger charge is -2.25. The van der Waals surface area contributed by atoms with Crippen molar-refractivity contribution in [1.82, 2.24) is 4.90 Å². The molecule has 1 aromatic heterocycles. The van der Waals surface area contributed by atoms with Gasteiger partial charge < -0.3 is 19.7 Å². The van der Waals surface area contributed by atoms with Gasteiger partial charge in [0.2, 0.25) is 0 Å². The molecule has 0 unspecified atom stereocenters. The predicted molar refractivity (Wildman–Crippen MR) is 101 cm³/mol. The fraction of sp³-hybridized carbons (Fsp3) is 0.316. The number of esters is 1. The van der Waals surface area contributed by atoms with Crippen LogP contribution in [0, 0.1) is 6.92 Å². The lowest BCUT2D eigenvalue weighted by molar-refractivity contribution is 0.0600. The van der Waals surface area contributed by atoms with Crippen LogP contribution in [0.2, 0.25) is 0 Å². The van der Waals surface area contributed by atoms with Gasteiger partial charge in [-0.2, -0.15) is 0 Å². The number of carbonyl (C=O) groups is 3. The van der Waals surface area contributed by atoms with Crippen molar-refractivity contribution in [3.63, 3.8) is 0 Å². The average Bonchev–Trinajstić information content (AvgIpc) is 3.03. The van der Waals surface area contributed by atoms with E-state index in [1.807, 2.05) is 19.1 Å². The molecule has 0 spiro atoms. The lowest BCUT2D eigenvalue weighted by atomic mass is 10.0. The van der Waals surface area contributed by atoms with E-state index in [1.54, 1.807) is 17.0 Å². The van der Waals surface area contributed by atoms with Crippen LogP contribution in [0.15, 0.2) is 24.3 Å². The van der Waals surface area contributed by atoms with Gasteiger partial charge in [0.05, 0.1) is 26.3 Å². The van der Waals surface area contributed by atoms with E-state index in [2.05, 4.69) is 5.32 Å². The number of thiophene rings is 1. The first-order valence-electron chi connectivity index (χ1n) is 8.39. The van der Waals surface area contributed by atoms with Crippen molar-refractivity contribution in [3.05, 3.63) is 51.4 Å². The molecule has 1 aromatic carbocycles. The number of anilines is 1. The summed E-state index contributed by atoms with van der Waals surface area (Å²) in [5.74, 6) is -0.791. The predicted octanol–water partition coefficient (Wildman–Crippen LogP) is 3.22. The Kier molecular flexibility index (Phi) is 5.46. The third-order valence-corrected chi connectivity index (χ3v) is 5.63. The van der Waals surface area contributed by atoms with Crippen LogP contribution in [-0.2, 0) is 22.4 Å². The molecule has 2 heterocycles. The van der Waals surface area contributed by atoms with Gasteiger partial charge in [-0.1, -0.05) is 18.2 Å². The highest BCUT2D eigenvalue weighted by Crippen LogP contribution is 2.38. The van der Waals surface area contributed by atoms with Gasteiger partial charge in [0.25, 0.3) is 5.91 Å². The lowest BCUT2D eigenvalue weighted by Crippen LogP contribution is -2.35. The zero-order valence-corrected chi connectivity index (χ0v) is 16.1. The number of nitrogens with zero attached hydrogens (tertiary/aromatic N) is 1. The minimum atomic E-state index is -0.501. The molecule has 8 heteroatoms. The van der Waals surface area contributed by atoms with E-state index < -0.39 is 12.1 Å². The Labute approximate surface area is 160 Å². The third kappa shape index (κ3) is 3.66. The second-order valence-electron chi connectivity index (χ2n) is 6.11. The highest BCUT2D eigenvalue weighted by atomic mass is 32.1. The van der Waals surface area contributed by atoms with Crippen LogP contribution in [0.5, 0.6) is 0 Å². The minimum Gasteiger partial charge on any atom is -0.465 e. The first kappa shape index (κ1) is 18.9. The summed E-state index contributed by atoms with van der Waals surface area (Å²) in [6.45, 7) is 2.62. The van der Waals surface area contributed by atoms with Crippen LogP contribution in [0.4, 0.5) is 9.80 Å². The molecular formula is C19H20N2O5S. The average molecular weight is 388 g/mol. The van der Waals surface area contributed by atoms with Gasteiger partial charge in [0, 0.05) is 17.0 Å². The molecule has 0 radical (unpaired) electrons. The summed E-state index contributed by atoms with van der Waals surface area (Å²) in [7, 11) is 2.64. The van der Waals surface area contributed by atoms with E-state index in [-0.39, 0.29) is 5.91 Å². The maximum absolute atomic E-state index is 12.7. The van der Waals surface area contributed by atoms with Gasteiger partial charge in [0.15, 0.2) is 0 Å². The standard InChI is InChI=1S/C19H20N2O5S/c1-11-6-4-5-7-12(11)16(22)20-17-15(18(23)25-2)13-8-9-21(19(24)26-3)10-14(13)27-17/h4-7H,8-10H2,1-3H3,(H,20,22). The van der Waals surface area contributed by atoms with Crippen molar-refractivity contribution in [3.8, 4) is 0 Å². The van der Waals surface area contributed by atoms with E-state index in [0.29, 0.717) is 35.6 Å². The zero-order valence-electron chi connectivity index (χ0n) is 15.3. The highest BCUT2D eigenvalue weighted by Gasteiger charge is 2.31. The summed E-state index contributed by atoms with van der Waals surface area (Å²) < 4.78 is 9.70. The molecule has 0 aliphatic carbocycles. The summed E-state index contributed by atoms with van der Waals surface area (Å²) in [6, 6.07) is 7.23. The number of amides is 2. The molecule has 0 saturated carbocycles. The number of fused-ring (bicyclic) bond motifs is 1. The van der Waals surface area contributed by atoms with E-state index >= 15 is 0 Å². The van der Waals surface area contributed by atoms with E-state index in [1.165, 1.54) is 25.6 Å². The van der Waals surface area contributed by atoms with Gasteiger partial charge in [-0.05, 0) is 30.5 Å². The number of rotatable bonds is 3. The Balaban J connectivity index is 1.95. The maximum Gasteiger partial charge on any atom is 0.409 e. The molecule has 3 rings (SSSR count). The van der Waals surface area contributed by atoms with Crippen molar-refractivity contribution >= 4 is 34.3 Å². The van der Waals surface area contributed by atoms with Gasteiger partial charge in [-0.15, -0.1) is 11.3 Å². The first-order valence-corrected chi connectivity index (χ1v) is 9.20. The molecule has 0 fully saturated rings. The zero-order chi connectivity index (χ0) is 19.6. The van der Waals surface area contributed by atoms with E-state index in [9.17, 15) is 14.4 Å². The number of aryl methyl sites for hydroxylation is 1. The van der Waals surface area contributed by atoms with Crippen LogP contribution >= 0.6 is 11.3 Å². The van der Waals surface area contributed by atoms with Crippen LogP contribution in [-0.4, -0.2) is 43.6 Å². The quantitative estimate of drug-likeness (QED) is 0.816. The molecule has 0 saturated heterocycles. The van der Waals surface area contributed by atoms with Gasteiger partial charge >= 0.3 is 12.1 Å². The summed E-state index contributed by atoms with van der Waals surface area (Å²) in [5, 5.41) is 3.28. The normalized spacial score (nSPS) is 12.9. The van der Waals surface area contributed by atoms with E-state index in [4.69, 9.17) is 9.47 Å². The maximum atomic E-state index is 12.7. The van der Waals surface area contributed by atoms with Crippen molar-refractivity contribution in [2.75, 3.05) is 26.1 Å². The fourth-order valence-electron chi connectivity index (χ4n) is 3.09. The monoisotopic (exact) mass is 388 g/mol. The summed E-state index contributed by atoms with van der Waals surface area (Å²) in [5.41, 5.74) is 2.56. The number of hydrogen-bond donors (Lipinski definition) is 1. The summed E-state index contributed by atoms with van der Waals surface area (Å²) in [6.07, 6.45) is 0.0742. The van der Waals surface area contributed by atoms with Crippen LogP contribution in [0.3, 0.4) is 0 Å². The fourth-order valence-corrected chi connectivity index (χ4v) is 4.34. The third-order valence-electron chi connectivity index (χ3n) is 4.50. The first-order chi connectivity index (χ1) is 13.0. The SMILES string of the molecule is COC(=O)c1c(NC(=O)c2ccccc2C)sc2c1CCN(C(=O)OC)C2. The van der Waals surface area contributed by atoms with Crippen LogP contribution in [0.25, 0.3) is 0 Å². The Bertz CT molecular complexity index is 906. The Morgan fingerprint density at radius 3 is 2.56 bits per heavy atom. The highest BCUT2D eigenvalue weighted by molar-refractivity contribution is 7.17. The molecule has 0 atom stereocenters. The van der Waals surface area contributed by atoms with Crippen molar-refractivity contribution in [1.29, 1.82) is 0 Å². The minimum absolute atomic E-state index is 0.290. The van der Waals surface area contributed by atoms with Crippen molar-refractivity contribution in [2.24, 2.45) is 0 Å². The van der Waals surface area contributed by atoms with Crippen molar-refractivity contribution < 1.29 is 23.9 Å². The Hall–Kier alpha value is -2.87. The smallest absolute Gasteiger partial charge is 0.409 e. The Morgan fingerprint density at radius 1 is 1.15 bits per heavy atom. The molecule has 1 aliphatic rings. The largest absolute Gasteiger partial charge is 0.465 e. The molecule has 27 heavy (non-hydrogen) atoms. The van der Waals surface area contributed by atoms with Gasteiger partial charge in [0.1, 0.15) is 5.00 Å². The molecule has 2 aromatic rings. The second-order valence-corrected chi connectivity index (χ2v) is 7.22. The molecule has 2 amide bonds. The van der Waals surface area contributed by atoms with Crippen molar-refractivity contribution in [2.45, 2.75) is 19.9 Å². The number of benzene rings is 1. The molecule has 1 aliphatic heterocycles.